The topological polar surface area (TPSA) is 50.9 Å². The Balaban J connectivity index is 2.05. The third-order valence-corrected chi connectivity index (χ3v) is 5.42. The maximum absolute atomic E-state index is 5.94. The van der Waals surface area contributed by atoms with Gasteiger partial charge >= 0.3 is 0 Å². The van der Waals surface area contributed by atoms with Gasteiger partial charge in [-0.2, -0.15) is 0 Å². The molecule has 1 aliphatic carbocycles. The van der Waals surface area contributed by atoms with Crippen molar-refractivity contribution in [2.45, 2.75) is 19.8 Å². The normalized spacial score (nSPS) is 26.2. The standard InChI is InChI=1S/C16H21N3S/c1-11-7-14-3-4-18-10-16(14,8-13(11)9-17)12(2)15-19-5-6-20-15/h5-7,18H,2-4,8-10,17H2,1H3. The third kappa shape index (κ3) is 2.08. The van der Waals surface area contributed by atoms with E-state index in [1.807, 2.05) is 11.6 Å². The number of thiazole rings is 1. The average Bonchev–Trinajstić information content (AvgIpc) is 3.00. The van der Waals surface area contributed by atoms with Gasteiger partial charge in [-0.1, -0.05) is 29.4 Å². The predicted octanol–water partition coefficient (Wildman–Crippen LogP) is 2.74. The second-order valence-electron chi connectivity index (χ2n) is 5.66. The molecule has 1 unspecified atom stereocenters. The molecule has 0 bridgehead atoms. The second kappa shape index (κ2) is 5.28. The Morgan fingerprint density at radius 2 is 2.45 bits per heavy atom. The summed E-state index contributed by atoms with van der Waals surface area (Å²) in [4.78, 5) is 4.46. The molecule has 0 amide bonds. The number of piperidine rings is 1. The number of rotatable bonds is 3. The van der Waals surface area contributed by atoms with Crippen LogP contribution in [0.15, 0.2) is 41.0 Å². The lowest BCUT2D eigenvalue weighted by molar-refractivity contribution is 0.372. The van der Waals surface area contributed by atoms with E-state index >= 15 is 0 Å². The highest BCUT2D eigenvalue weighted by atomic mass is 32.1. The Hall–Kier alpha value is -1.23. The minimum Gasteiger partial charge on any atom is -0.327 e. The van der Waals surface area contributed by atoms with Crippen molar-refractivity contribution in [2.75, 3.05) is 19.6 Å². The van der Waals surface area contributed by atoms with E-state index in [1.54, 1.807) is 11.3 Å². The van der Waals surface area contributed by atoms with Gasteiger partial charge in [-0.25, -0.2) is 4.98 Å². The summed E-state index contributed by atoms with van der Waals surface area (Å²) in [6.45, 7) is 9.18. The molecule has 1 aromatic rings. The van der Waals surface area contributed by atoms with Gasteiger partial charge in [-0.05, 0) is 31.9 Å². The maximum atomic E-state index is 5.94. The lowest BCUT2D eigenvalue weighted by Gasteiger charge is -2.44. The Morgan fingerprint density at radius 1 is 1.60 bits per heavy atom. The molecule has 106 valence electrons. The van der Waals surface area contributed by atoms with Crippen LogP contribution < -0.4 is 11.1 Å². The summed E-state index contributed by atoms with van der Waals surface area (Å²) in [5.74, 6) is 0. The quantitative estimate of drug-likeness (QED) is 0.899. The van der Waals surface area contributed by atoms with E-state index in [-0.39, 0.29) is 5.41 Å². The van der Waals surface area contributed by atoms with Crippen LogP contribution in [0.5, 0.6) is 0 Å². The summed E-state index contributed by atoms with van der Waals surface area (Å²) >= 11 is 1.67. The Bertz CT molecular complexity index is 583. The molecule has 2 heterocycles. The molecule has 0 aromatic carbocycles. The molecule has 3 nitrogen and oxygen atoms in total. The number of nitrogens with zero attached hydrogens (tertiary/aromatic N) is 1. The zero-order valence-electron chi connectivity index (χ0n) is 11.9. The van der Waals surface area contributed by atoms with Crippen LogP contribution in [0.25, 0.3) is 5.57 Å². The summed E-state index contributed by atoms with van der Waals surface area (Å²) in [7, 11) is 0. The van der Waals surface area contributed by atoms with Crippen molar-refractivity contribution in [3.05, 3.63) is 46.0 Å². The summed E-state index contributed by atoms with van der Waals surface area (Å²) in [5, 5.41) is 6.61. The van der Waals surface area contributed by atoms with Crippen LogP contribution in [0.4, 0.5) is 0 Å². The SMILES string of the molecule is C=C(c1nccs1)C12CNCCC1=CC(C)=C(CN)C2. The number of hydrogen-bond acceptors (Lipinski definition) is 4. The van der Waals surface area contributed by atoms with Crippen LogP contribution in [0, 0.1) is 5.41 Å². The molecule has 1 saturated heterocycles. The molecular weight excluding hydrogens is 266 g/mol. The van der Waals surface area contributed by atoms with Gasteiger partial charge in [0.1, 0.15) is 5.01 Å². The Kier molecular flexibility index (Phi) is 3.63. The molecule has 4 heteroatoms. The zero-order chi connectivity index (χ0) is 14.2. The van der Waals surface area contributed by atoms with E-state index < -0.39 is 0 Å². The van der Waals surface area contributed by atoms with Crippen LogP contribution in [-0.4, -0.2) is 24.6 Å². The van der Waals surface area contributed by atoms with E-state index in [9.17, 15) is 0 Å². The number of aromatic nitrogens is 1. The highest BCUT2D eigenvalue weighted by Crippen LogP contribution is 2.50. The van der Waals surface area contributed by atoms with Crippen molar-refractivity contribution >= 4 is 16.9 Å². The molecule has 0 radical (unpaired) electrons. The minimum atomic E-state index is -0.0235. The number of nitrogens with two attached hydrogens (primary N) is 1. The van der Waals surface area contributed by atoms with Gasteiger partial charge in [0.15, 0.2) is 0 Å². The Morgan fingerprint density at radius 3 is 3.15 bits per heavy atom. The van der Waals surface area contributed by atoms with Gasteiger partial charge in [0.05, 0.1) is 0 Å². The number of allylic oxidation sites excluding steroid dienone is 2. The largest absolute Gasteiger partial charge is 0.327 e. The van der Waals surface area contributed by atoms with E-state index in [1.165, 1.54) is 16.7 Å². The lowest BCUT2D eigenvalue weighted by Crippen LogP contribution is -2.44. The summed E-state index contributed by atoms with van der Waals surface area (Å²) in [5.41, 5.74) is 11.2. The van der Waals surface area contributed by atoms with Crippen molar-refractivity contribution in [1.29, 1.82) is 0 Å². The first-order valence-electron chi connectivity index (χ1n) is 7.07. The fourth-order valence-corrected chi connectivity index (χ4v) is 4.06. The van der Waals surface area contributed by atoms with Gasteiger partial charge in [-0.15, -0.1) is 11.3 Å². The summed E-state index contributed by atoms with van der Waals surface area (Å²) < 4.78 is 0. The molecule has 3 rings (SSSR count). The smallest absolute Gasteiger partial charge is 0.119 e. The Labute approximate surface area is 124 Å². The maximum Gasteiger partial charge on any atom is 0.119 e. The van der Waals surface area contributed by atoms with Crippen LogP contribution in [0.2, 0.25) is 0 Å². The fourth-order valence-electron chi connectivity index (χ4n) is 3.35. The average molecular weight is 287 g/mol. The second-order valence-corrected chi connectivity index (χ2v) is 6.56. The summed E-state index contributed by atoms with van der Waals surface area (Å²) in [6, 6.07) is 0. The van der Waals surface area contributed by atoms with Crippen molar-refractivity contribution < 1.29 is 0 Å². The first-order valence-corrected chi connectivity index (χ1v) is 7.95. The lowest BCUT2D eigenvalue weighted by atomic mass is 9.64. The highest BCUT2D eigenvalue weighted by molar-refractivity contribution is 7.10. The van der Waals surface area contributed by atoms with Crippen LogP contribution in [-0.2, 0) is 0 Å². The molecule has 0 spiro atoms. The molecule has 1 aromatic heterocycles. The van der Waals surface area contributed by atoms with Crippen molar-refractivity contribution in [3.63, 3.8) is 0 Å². The third-order valence-electron chi connectivity index (χ3n) is 4.59. The fraction of sp³-hybridized carbons (Fsp3) is 0.438. The molecule has 20 heavy (non-hydrogen) atoms. The van der Waals surface area contributed by atoms with E-state index in [4.69, 9.17) is 5.73 Å². The molecule has 2 aliphatic rings. The number of fused-ring (bicyclic) bond motifs is 1. The van der Waals surface area contributed by atoms with Crippen LogP contribution in [0.3, 0.4) is 0 Å². The van der Waals surface area contributed by atoms with Crippen molar-refractivity contribution in [2.24, 2.45) is 11.1 Å². The van der Waals surface area contributed by atoms with Gasteiger partial charge in [0.2, 0.25) is 0 Å². The molecule has 1 aliphatic heterocycles. The van der Waals surface area contributed by atoms with Gasteiger partial charge < -0.3 is 11.1 Å². The van der Waals surface area contributed by atoms with Crippen molar-refractivity contribution in [3.8, 4) is 0 Å². The predicted molar refractivity (Wildman–Crippen MR) is 85.5 cm³/mol. The monoisotopic (exact) mass is 287 g/mol. The number of nitrogens with one attached hydrogen (secondary N) is 1. The highest BCUT2D eigenvalue weighted by Gasteiger charge is 2.42. The number of hydrogen-bond donors (Lipinski definition) is 2. The van der Waals surface area contributed by atoms with Crippen LogP contribution in [0.1, 0.15) is 24.8 Å². The molecule has 0 saturated carbocycles. The van der Waals surface area contributed by atoms with E-state index in [0.29, 0.717) is 6.54 Å². The van der Waals surface area contributed by atoms with Gasteiger partial charge in [0.25, 0.3) is 0 Å². The molecular formula is C16H21N3S. The van der Waals surface area contributed by atoms with Gasteiger partial charge in [-0.3, -0.25) is 0 Å². The molecule has 1 atom stereocenters. The van der Waals surface area contributed by atoms with E-state index in [2.05, 4.69) is 29.9 Å². The summed E-state index contributed by atoms with van der Waals surface area (Å²) in [6.07, 6.45) is 6.26. The van der Waals surface area contributed by atoms with Crippen LogP contribution >= 0.6 is 11.3 Å². The minimum absolute atomic E-state index is 0.0235. The van der Waals surface area contributed by atoms with Crippen molar-refractivity contribution in [1.82, 2.24) is 10.3 Å². The van der Waals surface area contributed by atoms with E-state index in [0.717, 1.165) is 36.5 Å². The molecule has 1 fully saturated rings. The molecule has 3 N–H and O–H groups in total. The first kappa shape index (κ1) is 13.7. The first-order chi connectivity index (χ1) is 9.67. The van der Waals surface area contributed by atoms with Gasteiger partial charge in [0, 0.05) is 30.1 Å². The zero-order valence-corrected chi connectivity index (χ0v) is 12.7.